The molecule has 18 heavy (non-hydrogen) atoms. The Morgan fingerprint density at radius 3 is 3.00 bits per heavy atom. The lowest BCUT2D eigenvalue weighted by atomic mass is 10.1. The van der Waals surface area contributed by atoms with Gasteiger partial charge in [-0.05, 0) is 46.5 Å². The maximum atomic E-state index is 5.97. The van der Waals surface area contributed by atoms with Crippen LogP contribution in [-0.4, -0.2) is 17.0 Å². The summed E-state index contributed by atoms with van der Waals surface area (Å²) in [5.74, 6) is 1.78. The summed E-state index contributed by atoms with van der Waals surface area (Å²) in [6.45, 7) is 4.48. The standard InChI is InChI=1S/C13H16BrClN2S/c1-8(2)5-10-7-18-13(17-10)16-9-3-4-12(15)11(14)6-9/h3-4,6,8,10H,5,7H2,1-2H3,(H,16,17). The summed E-state index contributed by atoms with van der Waals surface area (Å²) >= 11 is 11.2. The van der Waals surface area contributed by atoms with Crippen LogP contribution < -0.4 is 5.32 Å². The zero-order valence-corrected chi connectivity index (χ0v) is 13.6. The molecule has 0 fully saturated rings. The molecular formula is C13H16BrClN2S. The lowest BCUT2D eigenvalue weighted by Crippen LogP contribution is -2.08. The van der Waals surface area contributed by atoms with Gasteiger partial charge < -0.3 is 5.32 Å². The molecule has 5 heteroatoms. The zero-order chi connectivity index (χ0) is 13.1. The van der Waals surface area contributed by atoms with Gasteiger partial charge in [0.15, 0.2) is 5.17 Å². The van der Waals surface area contributed by atoms with Crippen molar-refractivity contribution >= 4 is 50.1 Å². The molecular weight excluding hydrogens is 332 g/mol. The number of thioether (sulfide) groups is 1. The molecule has 1 aromatic carbocycles. The second-order valence-electron chi connectivity index (χ2n) is 4.78. The predicted octanol–water partition coefficient (Wildman–Crippen LogP) is 5.03. The summed E-state index contributed by atoms with van der Waals surface area (Å²) in [5.41, 5.74) is 1.02. The van der Waals surface area contributed by atoms with Crippen LogP contribution in [0.3, 0.4) is 0 Å². The van der Waals surface area contributed by atoms with Crippen LogP contribution in [0, 0.1) is 5.92 Å². The minimum atomic E-state index is 0.452. The molecule has 98 valence electrons. The first-order chi connectivity index (χ1) is 8.54. The van der Waals surface area contributed by atoms with E-state index < -0.39 is 0 Å². The van der Waals surface area contributed by atoms with Gasteiger partial charge in [-0.3, -0.25) is 4.99 Å². The number of aliphatic imine (C=N–C) groups is 1. The fourth-order valence-electron chi connectivity index (χ4n) is 1.85. The fraction of sp³-hybridized carbons (Fsp3) is 0.462. The van der Waals surface area contributed by atoms with Gasteiger partial charge in [-0.2, -0.15) is 0 Å². The molecule has 1 N–H and O–H groups in total. The summed E-state index contributed by atoms with van der Waals surface area (Å²) in [6, 6.07) is 6.26. The van der Waals surface area contributed by atoms with Crippen molar-refractivity contribution in [3.05, 3.63) is 27.7 Å². The van der Waals surface area contributed by atoms with Crippen LogP contribution in [0.1, 0.15) is 20.3 Å². The lowest BCUT2D eigenvalue weighted by Gasteiger charge is -2.07. The highest BCUT2D eigenvalue weighted by molar-refractivity contribution is 9.10. The summed E-state index contributed by atoms with van der Waals surface area (Å²) in [5, 5.41) is 5.07. The normalized spacial score (nSPS) is 19.2. The van der Waals surface area contributed by atoms with E-state index in [9.17, 15) is 0 Å². The van der Waals surface area contributed by atoms with Crippen molar-refractivity contribution in [2.75, 3.05) is 11.1 Å². The van der Waals surface area contributed by atoms with Crippen molar-refractivity contribution < 1.29 is 0 Å². The van der Waals surface area contributed by atoms with Gasteiger partial charge in [0.25, 0.3) is 0 Å². The smallest absolute Gasteiger partial charge is 0.161 e. The van der Waals surface area contributed by atoms with Gasteiger partial charge >= 0.3 is 0 Å². The minimum absolute atomic E-state index is 0.452. The topological polar surface area (TPSA) is 24.4 Å². The number of amidine groups is 1. The number of nitrogens with one attached hydrogen (secondary N) is 1. The first kappa shape index (κ1) is 14.2. The summed E-state index contributed by atoms with van der Waals surface area (Å²) < 4.78 is 0.900. The molecule has 0 amide bonds. The number of halogens is 2. The Morgan fingerprint density at radius 1 is 1.56 bits per heavy atom. The summed E-state index contributed by atoms with van der Waals surface area (Å²) in [6.07, 6.45) is 1.16. The van der Waals surface area contributed by atoms with Crippen molar-refractivity contribution in [1.29, 1.82) is 0 Å². The molecule has 0 bridgehead atoms. The van der Waals surface area contributed by atoms with Crippen LogP contribution in [0.5, 0.6) is 0 Å². The minimum Gasteiger partial charge on any atom is -0.335 e. The maximum Gasteiger partial charge on any atom is 0.161 e. The van der Waals surface area contributed by atoms with Gasteiger partial charge in [-0.25, -0.2) is 0 Å². The van der Waals surface area contributed by atoms with Gasteiger partial charge in [0.1, 0.15) is 0 Å². The first-order valence-corrected chi connectivity index (χ1v) is 8.13. The molecule has 0 saturated heterocycles. The van der Waals surface area contributed by atoms with Crippen molar-refractivity contribution in [2.45, 2.75) is 26.3 Å². The average molecular weight is 348 g/mol. The maximum absolute atomic E-state index is 5.97. The quantitative estimate of drug-likeness (QED) is 0.829. The Kier molecular flexibility index (Phi) is 4.98. The number of hydrogen-bond acceptors (Lipinski definition) is 3. The predicted molar refractivity (Wildman–Crippen MR) is 85.9 cm³/mol. The molecule has 1 aromatic rings. The second-order valence-corrected chi connectivity index (χ2v) is 7.05. The molecule has 1 aliphatic heterocycles. The largest absolute Gasteiger partial charge is 0.335 e. The number of anilines is 1. The highest BCUT2D eigenvalue weighted by Gasteiger charge is 2.19. The molecule has 2 rings (SSSR count). The van der Waals surface area contributed by atoms with Crippen LogP contribution in [0.2, 0.25) is 5.02 Å². The van der Waals surface area contributed by atoms with Gasteiger partial charge in [0, 0.05) is 15.9 Å². The van der Waals surface area contributed by atoms with E-state index in [2.05, 4.69) is 35.1 Å². The Morgan fingerprint density at radius 2 is 2.33 bits per heavy atom. The van der Waals surface area contributed by atoms with Crippen molar-refractivity contribution in [3.8, 4) is 0 Å². The Balaban J connectivity index is 1.99. The third kappa shape index (κ3) is 3.90. The molecule has 0 saturated carbocycles. The van der Waals surface area contributed by atoms with E-state index in [0.29, 0.717) is 12.0 Å². The SMILES string of the molecule is CC(C)CC1CSC(Nc2ccc(Cl)c(Br)c2)=N1. The average Bonchev–Trinajstić information content (AvgIpc) is 2.70. The van der Waals surface area contributed by atoms with E-state index in [1.807, 2.05) is 18.2 Å². The molecule has 0 aliphatic carbocycles. The molecule has 1 unspecified atom stereocenters. The van der Waals surface area contributed by atoms with E-state index in [4.69, 9.17) is 16.6 Å². The number of hydrogen-bond donors (Lipinski definition) is 1. The van der Waals surface area contributed by atoms with E-state index in [1.165, 1.54) is 0 Å². The van der Waals surface area contributed by atoms with E-state index in [1.54, 1.807) is 11.8 Å². The molecule has 0 spiro atoms. The Bertz CT molecular complexity index is 462. The number of nitrogens with zero attached hydrogens (tertiary/aromatic N) is 1. The van der Waals surface area contributed by atoms with E-state index >= 15 is 0 Å². The van der Waals surface area contributed by atoms with Crippen molar-refractivity contribution in [1.82, 2.24) is 0 Å². The van der Waals surface area contributed by atoms with Gasteiger partial charge in [-0.1, -0.05) is 37.2 Å². The fourth-order valence-corrected chi connectivity index (χ4v) is 3.32. The van der Waals surface area contributed by atoms with Gasteiger partial charge in [0.05, 0.1) is 11.1 Å². The third-order valence-corrected chi connectivity index (χ3v) is 4.87. The second kappa shape index (κ2) is 6.31. The van der Waals surface area contributed by atoms with Gasteiger partial charge in [0.2, 0.25) is 0 Å². The van der Waals surface area contributed by atoms with Crippen LogP contribution in [0.15, 0.2) is 27.7 Å². The summed E-state index contributed by atoms with van der Waals surface area (Å²) in [7, 11) is 0. The van der Waals surface area contributed by atoms with Gasteiger partial charge in [-0.15, -0.1) is 0 Å². The molecule has 1 atom stereocenters. The van der Waals surface area contributed by atoms with Crippen molar-refractivity contribution in [3.63, 3.8) is 0 Å². The molecule has 1 aliphatic rings. The molecule has 2 nitrogen and oxygen atoms in total. The number of rotatable bonds is 3. The van der Waals surface area contributed by atoms with E-state index in [-0.39, 0.29) is 0 Å². The number of benzene rings is 1. The molecule has 0 aromatic heterocycles. The zero-order valence-electron chi connectivity index (χ0n) is 10.4. The van der Waals surface area contributed by atoms with Crippen LogP contribution >= 0.6 is 39.3 Å². The van der Waals surface area contributed by atoms with Crippen LogP contribution in [-0.2, 0) is 0 Å². The Hall–Kier alpha value is -0.190. The molecule has 1 heterocycles. The third-order valence-electron chi connectivity index (χ3n) is 2.63. The van der Waals surface area contributed by atoms with Crippen LogP contribution in [0.25, 0.3) is 0 Å². The highest BCUT2D eigenvalue weighted by Crippen LogP contribution is 2.28. The lowest BCUT2D eigenvalue weighted by molar-refractivity contribution is 0.529. The highest BCUT2D eigenvalue weighted by atomic mass is 79.9. The van der Waals surface area contributed by atoms with Crippen LogP contribution in [0.4, 0.5) is 5.69 Å². The summed E-state index contributed by atoms with van der Waals surface area (Å²) in [4.78, 5) is 4.70. The van der Waals surface area contributed by atoms with E-state index in [0.717, 1.165) is 32.5 Å². The first-order valence-electron chi connectivity index (χ1n) is 5.97. The Labute approximate surface area is 126 Å². The molecule has 0 radical (unpaired) electrons. The monoisotopic (exact) mass is 346 g/mol. The van der Waals surface area contributed by atoms with Crippen molar-refractivity contribution in [2.24, 2.45) is 10.9 Å².